The van der Waals surface area contributed by atoms with Crippen LogP contribution in [0.25, 0.3) is 0 Å². The maximum atomic E-state index is 6.32. The van der Waals surface area contributed by atoms with Crippen LogP contribution in [0.2, 0.25) is 0 Å². The fourth-order valence-corrected chi connectivity index (χ4v) is 3.72. The number of thioether (sulfide) groups is 1. The van der Waals surface area contributed by atoms with Gasteiger partial charge in [-0.2, -0.15) is 0 Å². The fraction of sp³-hybridized carbons (Fsp3) is 0.571. The van der Waals surface area contributed by atoms with Gasteiger partial charge in [-0.3, -0.25) is 0 Å². The van der Waals surface area contributed by atoms with Gasteiger partial charge in [-0.05, 0) is 42.5 Å². The highest BCUT2D eigenvalue weighted by Gasteiger charge is 2.39. The molecule has 0 bridgehead atoms. The van der Waals surface area contributed by atoms with Crippen LogP contribution in [0.4, 0.5) is 0 Å². The Bertz CT molecular complexity index is 374. The van der Waals surface area contributed by atoms with Crippen LogP contribution in [0.3, 0.4) is 0 Å². The maximum Gasteiger partial charge on any atom is 0.118 e. The highest BCUT2D eigenvalue weighted by molar-refractivity contribution is 8.00. The van der Waals surface area contributed by atoms with E-state index in [0.29, 0.717) is 5.25 Å². The zero-order valence-electron chi connectivity index (χ0n) is 10.8. The van der Waals surface area contributed by atoms with E-state index in [0.717, 1.165) is 5.75 Å². The summed E-state index contributed by atoms with van der Waals surface area (Å²) in [5.41, 5.74) is 6.60. The average molecular weight is 251 g/mol. The second-order valence-electron chi connectivity index (χ2n) is 5.38. The Morgan fingerprint density at radius 2 is 1.94 bits per heavy atom. The van der Waals surface area contributed by atoms with Crippen LogP contribution in [-0.2, 0) is 0 Å². The number of ether oxygens (including phenoxy) is 1. The number of nitrogens with two attached hydrogens (primary N) is 1. The van der Waals surface area contributed by atoms with Crippen LogP contribution in [-0.4, -0.2) is 18.4 Å². The molecule has 0 aliphatic heterocycles. The Labute approximate surface area is 108 Å². The van der Waals surface area contributed by atoms with Gasteiger partial charge in [-0.25, -0.2) is 0 Å². The molecule has 0 saturated heterocycles. The molecule has 2 N–H and O–H groups in total. The molecule has 1 aliphatic rings. The zero-order valence-corrected chi connectivity index (χ0v) is 11.6. The number of hydrogen-bond donors (Lipinski definition) is 1. The molecule has 0 amide bonds. The standard InChI is InChI=1S/C14H21NOS/c1-14(2)9-8-12(13(14)15)17-11-6-4-10(16-3)5-7-11/h4-7,12-13H,8-9,15H2,1-3H3. The summed E-state index contributed by atoms with van der Waals surface area (Å²) >= 11 is 1.90. The molecule has 1 saturated carbocycles. The Morgan fingerprint density at radius 3 is 2.41 bits per heavy atom. The third-order valence-corrected chi connectivity index (χ3v) is 5.10. The monoisotopic (exact) mass is 251 g/mol. The number of rotatable bonds is 3. The highest BCUT2D eigenvalue weighted by Crippen LogP contribution is 2.44. The molecular weight excluding hydrogens is 230 g/mol. The summed E-state index contributed by atoms with van der Waals surface area (Å²) < 4.78 is 5.16. The quantitative estimate of drug-likeness (QED) is 0.895. The largest absolute Gasteiger partial charge is 0.497 e. The van der Waals surface area contributed by atoms with E-state index in [9.17, 15) is 0 Å². The van der Waals surface area contributed by atoms with Gasteiger partial charge in [0.05, 0.1) is 7.11 Å². The number of benzene rings is 1. The van der Waals surface area contributed by atoms with Crippen LogP contribution in [0.1, 0.15) is 26.7 Å². The topological polar surface area (TPSA) is 35.2 Å². The van der Waals surface area contributed by atoms with E-state index in [4.69, 9.17) is 10.5 Å². The van der Waals surface area contributed by atoms with Gasteiger partial charge in [0.2, 0.25) is 0 Å². The van der Waals surface area contributed by atoms with E-state index in [1.54, 1.807) is 7.11 Å². The third-order valence-electron chi connectivity index (χ3n) is 3.72. The van der Waals surface area contributed by atoms with Crippen molar-refractivity contribution >= 4 is 11.8 Å². The smallest absolute Gasteiger partial charge is 0.118 e. The Balaban J connectivity index is 2.01. The van der Waals surface area contributed by atoms with Crippen molar-refractivity contribution in [1.82, 2.24) is 0 Å². The summed E-state index contributed by atoms with van der Waals surface area (Å²) in [5, 5.41) is 0.540. The number of methoxy groups -OCH3 is 1. The summed E-state index contributed by atoms with van der Waals surface area (Å²) in [4.78, 5) is 1.28. The first kappa shape index (κ1) is 12.8. The average Bonchev–Trinajstić information content (AvgIpc) is 2.57. The molecule has 2 rings (SSSR count). The van der Waals surface area contributed by atoms with Gasteiger partial charge in [0.1, 0.15) is 5.75 Å². The summed E-state index contributed by atoms with van der Waals surface area (Å²) in [6, 6.07) is 8.53. The van der Waals surface area contributed by atoms with Gasteiger partial charge in [-0.15, -0.1) is 11.8 Å². The molecule has 2 nitrogen and oxygen atoms in total. The van der Waals surface area contributed by atoms with Crippen molar-refractivity contribution in [2.24, 2.45) is 11.1 Å². The molecular formula is C14H21NOS. The highest BCUT2D eigenvalue weighted by atomic mass is 32.2. The molecule has 2 unspecified atom stereocenters. The Morgan fingerprint density at radius 1 is 1.29 bits per heavy atom. The normalized spacial score (nSPS) is 27.1. The lowest BCUT2D eigenvalue weighted by Crippen LogP contribution is -2.38. The van der Waals surface area contributed by atoms with Gasteiger partial charge in [0.15, 0.2) is 0 Å². The van der Waals surface area contributed by atoms with Crippen LogP contribution in [0.5, 0.6) is 5.75 Å². The van der Waals surface area contributed by atoms with Crippen LogP contribution >= 0.6 is 11.8 Å². The first-order chi connectivity index (χ1) is 8.03. The molecule has 1 aromatic carbocycles. The summed E-state index contributed by atoms with van der Waals surface area (Å²) in [5.74, 6) is 0.908. The maximum absolute atomic E-state index is 6.32. The Kier molecular flexibility index (Phi) is 3.69. The van der Waals surface area contributed by atoms with Crippen LogP contribution in [0, 0.1) is 5.41 Å². The van der Waals surface area contributed by atoms with Crippen molar-refractivity contribution in [3.8, 4) is 5.75 Å². The first-order valence-electron chi connectivity index (χ1n) is 6.09. The van der Waals surface area contributed by atoms with Crippen LogP contribution in [0.15, 0.2) is 29.2 Å². The van der Waals surface area contributed by atoms with E-state index < -0.39 is 0 Å². The van der Waals surface area contributed by atoms with Gasteiger partial charge in [0, 0.05) is 16.2 Å². The molecule has 2 atom stereocenters. The molecule has 94 valence electrons. The minimum atomic E-state index is 0.282. The summed E-state index contributed by atoms with van der Waals surface area (Å²) in [6.45, 7) is 4.54. The number of hydrogen-bond acceptors (Lipinski definition) is 3. The first-order valence-corrected chi connectivity index (χ1v) is 6.97. The molecule has 17 heavy (non-hydrogen) atoms. The second-order valence-corrected chi connectivity index (χ2v) is 6.70. The third kappa shape index (κ3) is 2.78. The SMILES string of the molecule is COc1ccc(SC2CCC(C)(C)C2N)cc1. The van der Waals surface area contributed by atoms with E-state index in [-0.39, 0.29) is 11.5 Å². The molecule has 3 heteroatoms. The van der Waals surface area contributed by atoms with Gasteiger partial charge in [0.25, 0.3) is 0 Å². The van der Waals surface area contributed by atoms with E-state index in [1.165, 1.54) is 17.7 Å². The zero-order chi connectivity index (χ0) is 12.5. The molecule has 0 spiro atoms. The molecule has 1 aromatic rings. The van der Waals surface area contributed by atoms with Gasteiger partial charge < -0.3 is 10.5 Å². The lowest BCUT2D eigenvalue weighted by atomic mass is 9.88. The predicted molar refractivity (Wildman–Crippen MR) is 73.6 cm³/mol. The molecule has 0 radical (unpaired) electrons. The van der Waals surface area contributed by atoms with Crippen LogP contribution < -0.4 is 10.5 Å². The van der Waals surface area contributed by atoms with Crippen molar-refractivity contribution in [3.05, 3.63) is 24.3 Å². The minimum absolute atomic E-state index is 0.282. The van der Waals surface area contributed by atoms with E-state index in [1.807, 2.05) is 23.9 Å². The summed E-state index contributed by atoms with van der Waals surface area (Å²) in [6.07, 6.45) is 2.44. The molecule has 0 heterocycles. The van der Waals surface area contributed by atoms with E-state index >= 15 is 0 Å². The van der Waals surface area contributed by atoms with Gasteiger partial charge >= 0.3 is 0 Å². The second kappa shape index (κ2) is 4.91. The predicted octanol–water partition coefficient (Wildman–Crippen LogP) is 3.30. The summed E-state index contributed by atoms with van der Waals surface area (Å²) in [7, 11) is 1.69. The van der Waals surface area contributed by atoms with E-state index in [2.05, 4.69) is 26.0 Å². The fourth-order valence-electron chi connectivity index (χ4n) is 2.33. The van der Waals surface area contributed by atoms with Crippen molar-refractivity contribution in [2.45, 2.75) is 42.9 Å². The van der Waals surface area contributed by atoms with Crippen molar-refractivity contribution in [2.75, 3.05) is 7.11 Å². The lowest BCUT2D eigenvalue weighted by Gasteiger charge is -2.26. The molecule has 1 aliphatic carbocycles. The van der Waals surface area contributed by atoms with Crippen molar-refractivity contribution < 1.29 is 4.74 Å². The minimum Gasteiger partial charge on any atom is -0.497 e. The Hall–Kier alpha value is -0.670. The van der Waals surface area contributed by atoms with Crippen molar-refractivity contribution in [3.63, 3.8) is 0 Å². The lowest BCUT2D eigenvalue weighted by molar-refractivity contribution is 0.334. The molecule has 1 fully saturated rings. The van der Waals surface area contributed by atoms with Crippen molar-refractivity contribution in [1.29, 1.82) is 0 Å². The van der Waals surface area contributed by atoms with Gasteiger partial charge in [-0.1, -0.05) is 13.8 Å². The molecule has 0 aromatic heterocycles.